The molecule has 1 N–H and O–H groups in total. The van der Waals surface area contributed by atoms with E-state index in [4.69, 9.17) is 14.2 Å². The standard InChI is InChI=1S/C23H23N3O4/c1-28-10-11-29-21-7-6-20-19(22(21)16-4-2-8-24-13-16)12-18(15-30-20)26-23(27)17-5-3-9-25-14-17/h2-9,13-14,18H,10-12,15H2,1H3,(H,26,27)/t18-/m0/s1. The average Bonchev–Trinajstić information content (AvgIpc) is 2.80. The summed E-state index contributed by atoms with van der Waals surface area (Å²) in [5, 5.41) is 3.05. The highest BCUT2D eigenvalue weighted by molar-refractivity contribution is 5.94. The molecule has 1 aromatic carbocycles. The van der Waals surface area contributed by atoms with E-state index in [1.807, 2.05) is 24.3 Å². The second-order valence-corrected chi connectivity index (χ2v) is 6.93. The van der Waals surface area contributed by atoms with Crippen molar-refractivity contribution in [3.8, 4) is 22.6 Å². The number of carbonyl (C=O) groups is 1. The molecule has 3 aromatic rings. The van der Waals surface area contributed by atoms with Crippen LogP contribution < -0.4 is 14.8 Å². The number of pyridine rings is 2. The molecule has 1 amide bonds. The first-order valence-electron chi connectivity index (χ1n) is 9.78. The zero-order chi connectivity index (χ0) is 20.8. The van der Waals surface area contributed by atoms with Crippen LogP contribution in [-0.4, -0.2) is 48.8 Å². The molecule has 1 aliphatic rings. The number of carbonyl (C=O) groups excluding carboxylic acids is 1. The minimum Gasteiger partial charge on any atom is -0.491 e. The Balaban J connectivity index is 1.62. The summed E-state index contributed by atoms with van der Waals surface area (Å²) in [5.41, 5.74) is 3.37. The van der Waals surface area contributed by atoms with E-state index in [-0.39, 0.29) is 11.9 Å². The van der Waals surface area contributed by atoms with Crippen LogP contribution in [0.15, 0.2) is 61.2 Å². The van der Waals surface area contributed by atoms with E-state index in [0.717, 1.165) is 28.2 Å². The maximum Gasteiger partial charge on any atom is 0.253 e. The molecule has 0 spiro atoms. The zero-order valence-electron chi connectivity index (χ0n) is 16.7. The highest BCUT2D eigenvalue weighted by Crippen LogP contribution is 2.40. The van der Waals surface area contributed by atoms with Gasteiger partial charge < -0.3 is 19.5 Å². The van der Waals surface area contributed by atoms with Crippen LogP contribution in [0.2, 0.25) is 0 Å². The summed E-state index contributed by atoms with van der Waals surface area (Å²) in [5.74, 6) is 1.36. The summed E-state index contributed by atoms with van der Waals surface area (Å²) in [6.07, 6.45) is 7.35. The van der Waals surface area contributed by atoms with Crippen LogP contribution in [0.4, 0.5) is 0 Å². The van der Waals surface area contributed by atoms with Crippen LogP contribution in [0.5, 0.6) is 11.5 Å². The monoisotopic (exact) mass is 405 g/mol. The number of benzene rings is 1. The van der Waals surface area contributed by atoms with Crippen LogP contribution in [0.25, 0.3) is 11.1 Å². The van der Waals surface area contributed by atoms with E-state index in [9.17, 15) is 4.79 Å². The molecule has 0 fully saturated rings. The van der Waals surface area contributed by atoms with Gasteiger partial charge in [-0.05, 0) is 30.3 Å². The van der Waals surface area contributed by atoms with Crippen LogP contribution in [0.3, 0.4) is 0 Å². The average molecular weight is 405 g/mol. The lowest BCUT2D eigenvalue weighted by Crippen LogP contribution is -2.42. The molecule has 1 atom stereocenters. The van der Waals surface area contributed by atoms with Gasteiger partial charge in [0.25, 0.3) is 5.91 Å². The molecule has 7 heteroatoms. The number of methoxy groups -OCH3 is 1. The third-order valence-electron chi connectivity index (χ3n) is 4.88. The molecule has 3 heterocycles. The molecular weight excluding hydrogens is 382 g/mol. The molecule has 0 saturated carbocycles. The minimum atomic E-state index is -0.171. The number of fused-ring (bicyclic) bond motifs is 1. The van der Waals surface area contributed by atoms with Crippen LogP contribution in [0.1, 0.15) is 15.9 Å². The summed E-state index contributed by atoms with van der Waals surface area (Å²) < 4.78 is 17.1. The van der Waals surface area contributed by atoms with E-state index in [1.165, 1.54) is 0 Å². The molecule has 0 radical (unpaired) electrons. The van der Waals surface area contributed by atoms with E-state index < -0.39 is 0 Å². The molecule has 1 aliphatic heterocycles. The van der Waals surface area contributed by atoms with Gasteiger partial charge in [-0.25, -0.2) is 0 Å². The topological polar surface area (TPSA) is 82.6 Å². The fraction of sp³-hybridized carbons (Fsp3) is 0.261. The number of ether oxygens (including phenoxy) is 3. The van der Waals surface area contributed by atoms with Crippen LogP contribution in [-0.2, 0) is 11.2 Å². The molecule has 2 aromatic heterocycles. The van der Waals surface area contributed by atoms with Gasteiger partial charge in [-0.1, -0.05) is 6.07 Å². The molecule has 0 unspecified atom stereocenters. The second-order valence-electron chi connectivity index (χ2n) is 6.93. The Bertz CT molecular complexity index is 996. The van der Waals surface area contributed by atoms with Crippen molar-refractivity contribution < 1.29 is 19.0 Å². The number of aromatic nitrogens is 2. The van der Waals surface area contributed by atoms with Gasteiger partial charge in [-0.3, -0.25) is 14.8 Å². The number of hydrogen-bond acceptors (Lipinski definition) is 6. The van der Waals surface area contributed by atoms with Crippen molar-refractivity contribution in [1.29, 1.82) is 0 Å². The Morgan fingerprint density at radius 2 is 1.97 bits per heavy atom. The smallest absolute Gasteiger partial charge is 0.253 e. The van der Waals surface area contributed by atoms with Crippen molar-refractivity contribution in [2.45, 2.75) is 12.5 Å². The predicted octanol–water partition coefficient (Wildman–Crippen LogP) is 2.90. The Kier molecular flexibility index (Phi) is 6.20. The normalized spacial score (nSPS) is 15.0. The van der Waals surface area contributed by atoms with E-state index in [0.29, 0.717) is 31.8 Å². The fourth-order valence-electron chi connectivity index (χ4n) is 3.48. The molecule has 154 valence electrons. The number of nitrogens with one attached hydrogen (secondary N) is 1. The molecular formula is C23H23N3O4. The summed E-state index contributed by atoms with van der Waals surface area (Å²) in [6.45, 7) is 1.32. The summed E-state index contributed by atoms with van der Waals surface area (Å²) in [7, 11) is 1.64. The lowest BCUT2D eigenvalue weighted by molar-refractivity contribution is 0.0915. The van der Waals surface area contributed by atoms with Crippen LogP contribution >= 0.6 is 0 Å². The van der Waals surface area contributed by atoms with Gasteiger partial charge in [-0.2, -0.15) is 0 Å². The van der Waals surface area contributed by atoms with Gasteiger partial charge in [-0.15, -0.1) is 0 Å². The number of rotatable bonds is 7. The van der Waals surface area contributed by atoms with E-state index in [1.54, 1.807) is 44.0 Å². The van der Waals surface area contributed by atoms with Gasteiger partial charge in [0, 0.05) is 55.0 Å². The molecule has 7 nitrogen and oxygen atoms in total. The molecule has 0 aliphatic carbocycles. The lowest BCUT2D eigenvalue weighted by Gasteiger charge is -2.29. The quantitative estimate of drug-likeness (QED) is 0.609. The first-order chi connectivity index (χ1) is 14.8. The lowest BCUT2D eigenvalue weighted by atomic mass is 9.92. The third-order valence-corrected chi connectivity index (χ3v) is 4.88. The Morgan fingerprint density at radius 3 is 2.70 bits per heavy atom. The van der Waals surface area contributed by atoms with Gasteiger partial charge in [0.05, 0.1) is 18.2 Å². The Morgan fingerprint density at radius 1 is 1.13 bits per heavy atom. The maximum atomic E-state index is 12.6. The van der Waals surface area contributed by atoms with Crippen molar-refractivity contribution in [2.75, 3.05) is 26.9 Å². The number of amides is 1. The van der Waals surface area contributed by atoms with Gasteiger partial charge in [0.2, 0.25) is 0 Å². The first-order valence-corrected chi connectivity index (χ1v) is 9.78. The first kappa shape index (κ1) is 19.8. The van der Waals surface area contributed by atoms with Gasteiger partial charge >= 0.3 is 0 Å². The SMILES string of the molecule is COCCOc1ccc2c(c1-c1cccnc1)C[C@H](NC(=O)c1cccnc1)CO2. The predicted molar refractivity (Wildman–Crippen MR) is 112 cm³/mol. The molecule has 0 bridgehead atoms. The number of hydrogen-bond donors (Lipinski definition) is 1. The van der Waals surface area contributed by atoms with Gasteiger partial charge in [0.1, 0.15) is 24.7 Å². The van der Waals surface area contributed by atoms with Crippen molar-refractivity contribution in [3.05, 3.63) is 72.3 Å². The Labute approximate surface area is 175 Å². The van der Waals surface area contributed by atoms with E-state index >= 15 is 0 Å². The molecule has 0 saturated heterocycles. The van der Waals surface area contributed by atoms with E-state index in [2.05, 4.69) is 15.3 Å². The van der Waals surface area contributed by atoms with Crippen molar-refractivity contribution in [2.24, 2.45) is 0 Å². The highest BCUT2D eigenvalue weighted by atomic mass is 16.5. The van der Waals surface area contributed by atoms with Gasteiger partial charge in [0.15, 0.2) is 0 Å². The van der Waals surface area contributed by atoms with Crippen molar-refractivity contribution in [1.82, 2.24) is 15.3 Å². The van der Waals surface area contributed by atoms with Crippen molar-refractivity contribution in [3.63, 3.8) is 0 Å². The summed E-state index contributed by atoms with van der Waals surface area (Å²) >= 11 is 0. The van der Waals surface area contributed by atoms with Crippen LogP contribution in [0, 0.1) is 0 Å². The summed E-state index contributed by atoms with van der Waals surface area (Å²) in [6, 6.07) is 11.0. The maximum absolute atomic E-state index is 12.6. The summed E-state index contributed by atoms with van der Waals surface area (Å²) in [4.78, 5) is 20.8. The molecule has 30 heavy (non-hydrogen) atoms. The molecule has 4 rings (SSSR count). The number of nitrogens with zero attached hydrogens (tertiary/aromatic N) is 2. The Hall–Kier alpha value is -3.45. The highest BCUT2D eigenvalue weighted by Gasteiger charge is 2.27. The zero-order valence-corrected chi connectivity index (χ0v) is 16.7. The fourth-order valence-corrected chi connectivity index (χ4v) is 3.48. The second kappa shape index (κ2) is 9.37. The minimum absolute atomic E-state index is 0.171. The third kappa shape index (κ3) is 4.41. The van der Waals surface area contributed by atoms with Crippen molar-refractivity contribution >= 4 is 5.91 Å². The largest absolute Gasteiger partial charge is 0.491 e.